The van der Waals surface area contributed by atoms with Crippen LogP contribution in [0.1, 0.15) is 29.9 Å². The van der Waals surface area contributed by atoms with Gasteiger partial charge in [0.15, 0.2) is 5.13 Å². The Hall–Kier alpha value is -0.950. The highest BCUT2D eigenvalue weighted by molar-refractivity contribution is 7.99. The number of hydrogen-bond donors (Lipinski definition) is 2. The number of aromatic nitrogens is 1. The summed E-state index contributed by atoms with van der Waals surface area (Å²) >= 11 is 3.13. The molecule has 0 saturated heterocycles. The number of amides is 1. The van der Waals surface area contributed by atoms with E-state index >= 15 is 0 Å². The van der Waals surface area contributed by atoms with Crippen LogP contribution >= 0.6 is 23.1 Å². The van der Waals surface area contributed by atoms with Crippen molar-refractivity contribution in [2.24, 2.45) is 0 Å². The summed E-state index contributed by atoms with van der Waals surface area (Å²) < 4.78 is 0. The maximum Gasteiger partial charge on any atom is 0.265 e. The van der Waals surface area contributed by atoms with Crippen molar-refractivity contribution in [3.05, 3.63) is 4.88 Å². The molecule has 0 bridgehead atoms. The first-order valence-corrected chi connectivity index (χ1v) is 8.38. The summed E-state index contributed by atoms with van der Waals surface area (Å²) in [5.41, 5.74) is 5.80. The monoisotopic (exact) mass is 302 g/mol. The highest BCUT2D eigenvalue weighted by Gasteiger charge is 2.17. The highest BCUT2D eigenvalue weighted by Crippen LogP contribution is 2.27. The minimum atomic E-state index is -0.126. The average Bonchev–Trinajstić information content (AvgIpc) is 2.79. The van der Waals surface area contributed by atoms with Crippen LogP contribution in [0.4, 0.5) is 10.9 Å². The first-order valence-electron chi connectivity index (χ1n) is 6.28. The maximum atomic E-state index is 12.0. The third-order valence-corrected chi connectivity index (χ3v) is 5.11. The SMILES string of the molecule is CCN(C)c1nc(N)c(C(=O)NCCC(C)SC)s1. The zero-order valence-corrected chi connectivity index (χ0v) is 13.5. The Morgan fingerprint density at radius 3 is 2.89 bits per heavy atom. The van der Waals surface area contributed by atoms with E-state index < -0.39 is 0 Å². The number of nitrogens with two attached hydrogens (primary N) is 1. The van der Waals surface area contributed by atoms with Gasteiger partial charge in [0.1, 0.15) is 10.7 Å². The number of thioether (sulfide) groups is 1. The molecule has 108 valence electrons. The number of carbonyl (C=O) groups is 1. The zero-order chi connectivity index (χ0) is 14.4. The van der Waals surface area contributed by atoms with Crippen molar-refractivity contribution in [1.29, 1.82) is 0 Å². The van der Waals surface area contributed by atoms with Crippen LogP contribution in [0.15, 0.2) is 0 Å². The Labute approximate surface area is 123 Å². The molecule has 0 aromatic carbocycles. The smallest absolute Gasteiger partial charge is 0.265 e. The predicted molar refractivity (Wildman–Crippen MR) is 85.4 cm³/mol. The molecule has 1 aromatic heterocycles. The topological polar surface area (TPSA) is 71.2 Å². The third-order valence-electron chi connectivity index (χ3n) is 2.89. The Morgan fingerprint density at radius 2 is 2.32 bits per heavy atom. The lowest BCUT2D eigenvalue weighted by molar-refractivity contribution is 0.0958. The van der Waals surface area contributed by atoms with Gasteiger partial charge in [0.25, 0.3) is 5.91 Å². The first kappa shape index (κ1) is 16.1. The molecule has 5 nitrogen and oxygen atoms in total. The minimum absolute atomic E-state index is 0.126. The van der Waals surface area contributed by atoms with Crippen LogP contribution < -0.4 is 16.0 Å². The van der Waals surface area contributed by atoms with Gasteiger partial charge in [-0.3, -0.25) is 4.79 Å². The van der Waals surface area contributed by atoms with Gasteiger partial charge in [-0.05, 0) is 19.6 Å². The summed E-state index contributed by atoms with van der Waals surface area (Å²) in [5, 5.41) is 4.22. The van der Waals surface area contributed by atoms with Gasteiger partial charge in [0.2, 0.25) is 0 Å². The molecular weight excluding hydrogens is 280 g/mol. The van der Waals surface area contributed by atoms with Gasteiger partial charge in [-0.2, -0.15) is 11.8 Å². The van der Waals surface area contributed by atoms with Crippen LogP contribution in [0.3, 0.4) is 0 Å². The van der Waals surface area contributed by atoms with Crippen LogP contribution in [-0.4, -0.2) is 42.5 Å². The van der Waals surface area contributed by atoms with E-state index in [9.17, 15) is 4.79 Å². The number of rotatable bonds is 7. The number of nitrogens with zero attached hydrogens (tertiary/aromatic N) is 2. The lowest BCUT2D eigenvalue weighted by Crippen LogP contribution is -2.25. The highest BCUT2D eigenvalue weighted by atomic mass is 32.2. The fraction of sp³-hybridized carbons (Fsp3) is 0.667. The molecule has 0 aliphatic carbocycles. The molecule has 19 heavy (non-hydrogen) atoms. The van der Waals surface area contributed by atoms with E-state index in [0.717, 1.165) is 18.1 Å². The molecule has 0 fully saturated rings. The summed E-state index contributed by atoms with van der Waals surface area (Å²) in [6.07, 6.45) is 3.02. The van der Waals surface area contributed by atoms with E-state index in [1.165, 1.54) is 11.3 Å². The van der Waals surface area contributed by atoms with Crippen LogP contribution in [0, 0.1) is 0 Å². The molecule has 0 spiro atoms. The largest absolute Gasteiger partial charge is 0.382 e. The number of hydrogen-bond acceptors (Lipinski definition) is 6. The molecule has 1 heterocycles. The zero-order valence-electron chi connectivity index (χ0n) is 11.9. The fourth-order valence-corrected chi connectivity index (χ4v) is 2.65. The van der Waals surface area contributed by atoms with Crippen LogP contribution in [0.5, 0.6) is 0 Å². The fourth-order valence-electron chi connectivity index (χ4n) is 1.37. The number of nitrogen functional groups attached to an aromatic ring is 1. The molecule has 1 rings (SSSR count). The number of nitrogens with one attached hydrogen (secondary N) is 1. The summed E-state index contributed by atoms with van der Waals surface area (Å²) in [6.45, 7) is 5.67. The van der Waals surface area contributed by atoms with Crippen molar-refractivity contribution < 1.29 is 4.79 Å². The number of carbonyl (C=O) groups excluding carboxylic acids is 1. The molecule has 0 aliphatic rings. The lowest BCUT2D eigenvalue weighted by Gasteiger charge is -2.11. The molecule has 1 atom stereocenters. The number of thiazole rings is 1. The molecule has 1 unspecified atom stereocenters. The molecule has 0 aliphatic heterocycles. The van der Waals surface area contributed by atoms with E-state index in [1.807, 2.05) is 18.9 Å². The quantitative estimate of drug-likeness (QED) is 0.806. The summed E-state index contributed by atoms with van der Waals surface area (Å²) in [5.74, 6) is 0.190. The molecule has 1 aromatic rings. The summed E-state index contributed by atoms with van der Waals surface area (Å²) in [4.78, 5) is 18.7. The van der Waals surface area contributed by atoms with Crippen molar-refractivity contribution in [1.82, 2.24) is 10.3 Å². The second-order valence-corrected chi connectivity index (χ2v) is 6.57. The summed E-state index contributed by atoms with van der Waals surface area (Å²) in [7, 11) is 1.93. The Balaban J connectivity index is 2.59. The summed E-state index contributed by atoms with van der Waals surface area (Å²) in [6, 6.07) is 0. The second-order valence-electron chi connectivity index (χ2n) is 4.32. The second kappa shape index (κ2) is 7.59. The van der Waals surface area contributed by atoms with Crippen molar-refractivity contribution in [3.8, 4) is 0 Å². The van der Waals surface area contributed by atoms with Crippen molar-refractivity contribution in [2.45, 2.75) is 25.5 Å². The van der Waals surface area contributed by atoms with E-state index in [4.69, 9.17) is 5.73 Å². The lowest BCUT2D eigenvalue weighted by atomic mass is 10.3. The first-order chi connectivity index (χ1) is 8.99. The van der Waals surface area contributed by atoms with Gasteiger partial charge < -0.3 is 16.0 Å². The van der Waals surface area contributed by atoms with E-state index in [2.05, 4.69) is 23.5 Å². The minimum Gasteiger partial charge on any atom is -0.382 e. The van der Waals surface area contributed by atoms with Gasteiger partial charge >= 0.3 is 0 Å². The average molecular weight is 302 g/mol. The van der Waals surface area contributed by atoms with Gasteiger partial charge in [0, 0.05) is 25.4 Å². The predicted octanol–water partition coefficient (Wildman–Crippen LogP) is 2.05. The normalized spacial score (nSPS) is 12.2. The molecule has 7 heteroatoms. The van der Waals surface area contributed by atoms with Gasteiger partial charge in [-0.15, -0.1) is 0 Å². The van der Waals surface area contributed by atoms with Crippen LogP contribution in [-0.2, 0) is 0 Å². The maximum absolute atomic E-state index is 12.0. The molecule has 0 saturated carbocycles. The van der Waals surface area contributed by atoms with E-state index in [-0.39, 0.29) is 5.91 Å². The van der Waals surface area contributed by atoms with Crippen LogP contribution in [0.25, 0.3) is 0 Å². The molecule has 3 N–H and O–H groups in total. The van der Waals surface area contributed by atoms with Gasteiger partial charge in [-0.1, -0.05) is 18.3 Å². The van der Waals surface area contributed by atoms with Crippen molar-refractivity contribution in [3.63, 3.8) is 0 Å². The standard InChI is InChI=1S/C12H22N4OS2/c1-5-16(3)12-15-10(13)9(19-12)11(17)14-7-6-8(2)18-4/h8H,5-7,13H2,1-4H3,(H,14,17). The Bertz CT molecular complexity index is 422. The molecule has 0 radical (unpaired) electrons. The van der Waals surface area contributed by atoms with E-state index in [1.54, 1.807) is 11.8 Å². The molecular formula is C12H22N4OS2. The third kappa shape index (κ3) is 4.58. The Kier molecular flexibility index (Phi) is 6.44. The van der Waals surface area contributed by atoms with Gasteiger partial charge in [0.05, 0.1) is 0 Å². The van der Waals surface area contributed by atoms with Gasteiger partial charge in [-0.25, -0.2) is 4.98 Å². The van der Waals surface area contributed by atoms with Crippen LogP contribution in [0.2, 0.25) is 0 Å². The molecule has 1 amide bonds. The number of anilines is 2. The van der Waals surface area contributed by atoms with Crippen molar-refractivity contribution in [2.75, 3.05) is 37.0 Å². The van der Waals surface area contributed by atoms with Crippen molar-refractivity contribution >= 4 is 40.0 Å². The Morgan fingerprint density at radius 1 is 1.63 bits per heavy atom. The van der Waals surface area contributed by atoms with E-state index in [0.29, 0.717) is 22.5 Å².